The quantitative estimate of drug-likeness (QED) is 0.863. The number of piperidine rings is 1. The molecule has 1 aliphatic heterocycles. The summed E-state index contributed by atoms with van der Waals surface area (Å²) in [6.45, 7) is 4.34. The largest absolute Gasteiger partial charge is 0.392 e. The molecule has 0 aromatic carbocycles. The van der Waals surface area contributed by atoms with Gasteiger partial charge < -0.3 is 10.0 Å². The fourth-order valence-electron chi connectivity index (χ4n) is 2.00. The number of pyridine rings is 1. The highest BCUT2D eigenvalue weighted by Gasteiger charge is 2.17. The number of nitrogens with zero attached hydrogens (tertiary/aromatic N) is 2. The van der Waals surface area contributed by atoms with Gasteiger partial charge in [-0.05, 0) is 24.8 Å². The summed E-state index contributed by atoms with van der Waals surface area (Å²) in [6, 6.07) is 1.89. The zero-order valence-electron chi connectivity index (χ0n) is 9.49. The molecule has 88 valence electrons. The summed E-state index contributed by atoms with van der Waals surface area (Å²) >= 11 is 5.92. The number of aliphatic hydroxyl groups excluding tert-OH is 1. The Hall–Kier alpha value is -0.800. The molecule has 3 nitrogen and oxygen atoms in total. The van der Waals surface area contributed by atoms with Crippen LogP contribution in [0.1, 0.15) is 25.3 Å². The van der Waals surface area contributed by atoms with Gasteiger partial charge in [-0.25, -0.2) is 4.98 Å². The Kier molecular flexibility index (Phi) is 3.66. The Morgan fingerprint density at radius 3 is 2.81 bits per heavy atom. The molecule has 2 heterocycles. The third kappa shape index (κ3) is 2.47. The minimum Gasteiger partial charge on any atom is -0.392 e. The molecule has 0 spiro atoms. The Labute approximate surface area is 101 Å². The van der Waals surface area contributed by atoms with Gasteiger partial charge >= 0.3 is 0 Å². The molecule has 0 radical (unpaired) electrons. The van der Waals surface area contributed by atoms with E-state index in [0.717, 1.165) is 30.4 Å². The number of hydrogen-bond donors (Lipinski definition) is 1. The number of halogens is 1. The van der Waals surface area contributed by atoms with Crippen molar-refractivity contribution in [1.82, 2.24) is 4.98 Å². The van der Waals surface area contributed by atoms with Crippen molar-refractivity contribution in [3.05, 3.63) is 22.8 Å². The standard InChI is InChI=1S/C12H17ClN2O/c1-9-2-4-15(5-3-9)12-6-10(8-16)11(13)7-14-12/h6-7,9,16H,2-5,8H2,1H3. The molecule has 4 heteroatoms. The Balaban J connectivity index is 2.14. The van der Waals surface area contributed by atoms with Crippen LogP contribution in [0.2, 0.25) is 5.02 Å². The Morgan fingerprint density at radius 2 is 2.19 bits per heavy atom. The van der Waals surface area contributed by atoms with Gasteiger partial charge in [0.1, 0.15) is 5.82 Å². The molecule has 1 aromatic rings. The third-order valence-electron chi connectivity index (χ3n) is 3.20. The summed E-state index contributed by atoms with van der Waals surface area (Å²) in [5.74, 6) is 1.74. The second kappa shape index (κ2) is 5.02. The van der Waals surface area contributed by atoms with E-state index in [4.69, 9.17) is 16.7 Å². The van der Waals surface area contributed by atoms with Crippen molar-refractivity contribution < 1.29 is 5.11 Å². The molecule has 0 atom stereocenters. The van der Waals surface area contributed by atoms with Crippen LogP contribution in [0.3, 0.4) is 0 Å². The van der Waals surface area contributed by atoms with E-state index < -0.39 is 0 Å². The average Bonchev–Trinajstić information content (AvgIpc) is 2.31. The Morgan fingerprint density at radius 1 is 1.50 bits per heavy atom. The van der Waals surface area contributed by atoms with Crippen LogP contribution < -0.4 is 4.90 Å². The van der Waals surface area contributed by atoms with Crippen molar-refractivity contribution in [2.75, 3.05) is 18.0 Å². The van der Waals surface area contributed by atoms with Gasteiger partial charge in [0.25, 0.3) is 0 Å². The summed E-state index contributed by atoms with van der Waals surface area (Å²) in [6.07, 6.45) is 4.04. The number of hydrogen-bond acceptors (Lipinski definition) is 3. The van der Waals surface area contributed by atoms with Crippen molar-refractivity contribution in [2.45, 2.75) is 26.4 Å². The summed E-state index contributed by atoms with van der Waals surface area (Å²) < 4.78 is 0. The first-order valence-corrected chi connectivity index (χ1v) is 6.08. The van der Waals surface area contributed by atoms with E-state index in [1.165, 1.54) is 12.8 Å². The molecule has 0 aliphatic carbocycles. The summed E-state index contributed by atoms with van der Waals surface area (Å²) in [4.78, 5) is 6.58. The summed E-state index contributed by atoms with van der Waals surface area (Å²) in [5, 5.41) is 9.69. The first-order chi connectivity index (χ1) is 7.70. The molecule has 0 bridgehead atoms. The smallest absolute Gasteiger partial charge is 0.128 e. The molecule has 1 fully saturated rings. The molecule has 0 unspecified atom stereocenters. The van der Waals surface area contributed by atoms with E-state index in [2.05, 4.69) is 16.8 Å². The molecule has 0 saturated carbocycles. The maximum atomic E-state index is 9.15. The first kappa shape index (κ1) is 11.7. The van der Waals surface area contributed by atoms with Crippen molar-refractivity contribution in [3.63, 3.8) is 0 Å². The lowest BCUT2D eigenvalue weighted by Crippen LogP contribution is -2.33. The van der Waals surface area contributed by atoms with E-state index in [-0.39, 0.29) is 6.61 Å². The third-order valence-corrected chi connectivity index (χ3v) is 3.54. The van der Waals surface area contributed by atoms with Crippen LogP contribution in [0.4, 0.5) is 5.82 Å². The van der Waals surface area contributed by atoms with Crippen molar-refractivity contribution in [2.24, 2.45) is 5.92 Å². The van der Waals surface area contributed by atoms with E-state index >= 15 is 0 Å². The van der Waals surface area contributed by atoms with Gasteiger partial charge in [0.05, 0.1) is 11.6 Å². The van der Waals surface area contributed by atoms with E-state index in [9.17, 15) is 0 Å². The van der Waals surface area contributed by atoms with Gasteiger partial charge in [-0.1, -0.05) is 18.5 Å². The lowest BCUT2D eigenvalue weighted by atomic mass is 9.99. The molecule has 1 N–H and O–H groups in total. The molecule has 16 heavy (non-hydrogen) atoms. The maximum absolute atomic E-state index is 9.15. The van der Waals surface area contributed by atoms with Crippen LogP contribution in [0.15, 0.2) is 12.3 Å². The topological polar surface area (TPSA) is 36.4 Å². The lowest BCUT2D eigenvalue weighted by molar-refractivity contribution is 0.282. The molecular weight excluding hydrogens is 224 g/mol. The van der Waals surface area contributed by atoms with Crippen LogP contribution in [0, 0.1) is 5.92 Å². The molecule has 2 rings (SSSR count). The average molecular weight is 241 g/mol. The SMILES string of the molecule is CC1CCN(c2cc(CO)c(Cl)cn2)CC1. The predicted octanol–water partition coefficient (Wildman–Crippen LogP) is 2.46. The number of aliphatic hydroxyl groups is 1. The second-order valence-corrected chi connectivity index (χ2v) is 4.87. The van der Waals surface area contributed by atoms with Gasteiger partial charge in [-0.3, -0.25) is 0 Å². The van der Waals surface area contributed by atoms with Gasteiger partial charge in [-0.15, -0.1) is 0 Å². The van der Waals surface area contributed by atoms with Crippen LogP contribution in [0.5, 0.6) is 0 Å². The first-order valence-electron chi connectivity index (χ1n) is 5.71. The zero-order chi connectivity index (χ0) is 11.5. The lowest BCUT2D eigenvalue weighted by Gasteiger charge is -2.31. The highest BCUT2D eigenvalue weighted by Crippen LogP contribution is 2.24. The van der Waals surface area contributed by atoms with Crippen LogP contribution in [0.25, 0.3) is 0 Å². The van der Waals surface area contributed by atoms with E-state index in [1.54, 1.807) is 6.20 Å². The fourth-order valence-corrected chi connectivity index (χ4v) is 2.16. The molecule has 1 aromatic heterocycles. The Bertz CT molecular complexity index is 362. The highest BCUT2D eigenvalue weighted by atomic mass is 35.5. The predicted molar refractivity (Wildman–Crippen MR) is 65.8 cm³/mol. The molecule has 1 saturated heterocycles. The van der Waals surface area contributed by atoms with Crippen LogP contribution in [-0.4, -0.2) is 23.2 Å². The normalized spacial score (nSPS) is 17.8. The van der Waals surface area contributed by atoms with Crippen LogP contribution in [-0.2, 0) is 6.61 Å². The number of aromatic nitrogens is 1. The molecule has 0 amide bonds. The van der Waals surface area contributed by atoms with Crippen LogP contribution >= 0.6 is 11.6 Å². The van der Waals surface area contributed by atoms with Gasteiger partial charge in [-0.2, -0.15) is 0 Å². The number of rotatable bonds is 2. The monoisotopic (exact) mass is 240 g/mol. The van der Waals surface area contributed by atoms with Crippen molar-refractivity contribution >= 4 is 17.4 Å². The summed E-state index contributed by atoms with van der Waals surface area (Å²) in [5.41, 5.74) is 0.755. The minimum atomic E-state index is -0.0292. The molecular formula is C12H17ClN2O. The van der Waals surface area contributed by atoms with Gasteiger partial charge in [0.15, 0.2) is 0 Å². The van der Waals surface area contributed by atoms with E-state index in [0.29, 0.717) is 5.02 Å². The van der Waals surface area contributed by atoms with Gasteiger partial charge in [0, 0.05) is 24.8 Å². The fraction of sp³-hybridized carbons (Fsp3) is 0.583. The van der Waals surface area contributed by atoms with E-state index in [1.807, 2.05) is 6.07 Å². The molecule has 1 aliphatic rings. The number of anilines is 1. The second-order valence-electron chi connectivity index (χ2n) is 4.46. The zero-order valence-corrected chi connectivity index (χ0v) is 10.2. The van der Waals surface area contributed by atoms with Crippen molar-refractivity contribution in [3.8, 4) is 0 Å². The minimum absolute atomic E-state index is 0.0292. The highest BCUT2D eigenvalue weighted by molar-refractivity contribution is 6.31. The van der Waals surface area contributed by atoms with Crippen molar-refractivity contribution in [1.29, 1.82) is 0 Å². The maximum Gasteiger partial charge on any atom is 0.128 e. The summed E-state index contributed by atoms with van der Waals surface area (Å²) in [7, 11) is 0. The van der Waals surface area contributed by atoms with Gasteiger partial charge in [0.2, 0.25) is 0 Å².